The van der Waals surface area contributed by atoms with Gasteiger partial charge in [0.05, 0.1) is 17.7 Å². The van der Waals surface area contributed by atoms with Gasteiger partial charge in [-0.15, -0.1) is 0 Å². The van der Waals surface area contributed by atoms with Crippen LogP contribution in [0.25, 0.3) is 0 Å². The van der Waals surface area contributed by atoms with Crippen LogP contribution in [0.1, 0.15) is 29.6 Å². The van der Waals surface area contributed by atoms with E-state index in [0.29, 0.717) is 6.08 Å². The van der Waals surface area contributed by atoms with Crippen molar-refractivity contribution < 1.29 is 40.7 Å². The zero-order valence-corrected chi connectivity index (χ0v) is 17.3. The highest BCUT2D eigenvalue weighted by Gasteiger charge is 2.42. The summed E-state index contributed by atoms with van der Waals surface area (Å²) in [5, 5.41) is 2.22. The van der Waals surface area contributed by atoms with Gasteiger partial charge in [-0.1, -0.05) is 29.3 Å². The molecule has 0 aromatic heterocycles. The topological polar surface area (TPSA) is 55.4 Å². The predicted molar refractivity (Wildman–Crippen MR) is 101 cm³/mol. The molecule has 0 fully saturated rings. The van der Waals surface area contributed by atoms with Crippen LogP contribution in [0.2, 0.25) is 10.0 Å². The number of nitrogens with one attached hydrogen (secondary N) is 1. The molecule has 0 unspecified atom stereocenters. The minimum atomic E-state index is -4.91. The summed E-state index contributed by atoms with van der Waals surface area (Å²) in [5.41, 5.74) is -3.31. The number of halogens is 8. The number of carbonyl (C=O) groups is 2. The zero-order chi connectivity index (χ0) is 23.6. The molecule has 1 aromatic rings. The van der Waals surface area contributed by atoms with Crippen LogP contribution >= 0.6 is 23.2 Å². The third kappa shape index (κ3) is 6.39. The largest absolute Gasteiger partial charge is 0.467 e. The maximum atomic E-state index is 13.4. The van der Waals surface area contributed by atoms with E-state index in [-0.39, 0.29) is 15.6 Å². The summed E-state index contributed by atoms with van der Waals surface area (Å²) >= 11 is 11.7. The number of methoxy groups -OCH3 is 1. The number of hydrogen-bond donors (Lipinski definition) is 1. The van der Waals surface area contributed by atoms with Crippen molar-refractivity contribution in [2.75, 3.05) is 7.11 Å². The van der Waals surface area contributed by atoms with E-state index >= 15 is 0 Å². The predicted octanol–water partition coefficient (Wildman–Crippen LogP) is 5.80. The van der Waals surface area contributed by atoms with Crippen molar-refractivity contribution in [3.05, 3.63) is 56.6 Å². The molecule has 0 radical (unpaired) electrons. The summed E-state index contributed by atoms with van der Waals surface area (Å²) < 4.78 is 83.8. The number of amides is 1. The Morgan fingerprint density at radius 3 is 2.29 bits per heavy atom. The molecule has 1 aliphatic carbocycles. The van der Waals surface area contributed by atoms with Crippen LogP contribution in [0.5, 0.6) is 0 Å². The second-order valence-electron chi connectivity index (χ2n) is 6.55. The molecule has 0 heterocycles. The van der Waals surface area contributed by atoms with E-state index in [0.717, 1.165) is 13.2 Å². The SMILES string of the molecule is COC(=O)[C@H](CC1=C(C(F)(F)F)CCC(C(F)(F)F)=C1)NC(=O)c1cc(Cl)ccc1Cl. The Morgan fingerprint density at radius 1 is 1.10 bits per heavy atom. The van der Waals surface area contributed by atoms with Gasteiger partial charge in [-0.3, -0.25) is 4.79 Å². The van der Waals surface area contributed by atoms with Crippen molar-refractivity contribution in [2.45, 2.75) is 37.7 Å². The number of benzene rings is 1. The Balaban J connectivity index is 2.42. The first kappa shape index (κ1) is 25.1. The number of esters is 1. The first-order chi connectivity index (χ1) is 14.2. The Hall–Kier alpha value is -2.20. The van der Waals surface area contributed by atoms with E-state index < -0.39 is 66.3 Å². The lowest BCUT2D eigenvalue weighted by molar-refractivity contribution is -0.142. The molecule has 4 nitrogen and oxygen atoms in total. The quantitative estimate of drug-likeness (QED) is 0.420. The van der Waals surface area contributed by atoms with E-state index in [4.69, 9.17) is 23.2 Å². The summed E-state index contributed by atoms with van der Waals surface area (Å²) in [7, 11) is 0.921. The molecule has 1 aliphatic rings. The molecule has 2 rings (SSSR count). The normalized spacial score (nSPS) is 16.0. The average Bonchev–Trinajstić information content (AvgIpc) is 2.66. The zero-order valence-electron chi connectivity index (χ0n) is 15.8. The molecule has 0 aliphatic heterocycles. The fraction of sp³-hybridized carbons (Fsp3) is 0.368. The molecule has 12 heteroatoms. The third-order valence-corrected chi connectivity index (χ3v) is 5.04. The lowest BCUT2D eigenvalue weighted by Gasteiger charge is -2.25. The van der Waals surface area contributed by atoms with Crippen molar-refractivity contribution in [3.8, 4) is 0 Å². The van der Waals surface area contributed by atoms with Crippen molar-refractivity contribution in [1.82, 2.24) is 5.32 Å². The maximum Gasteiger partial charge on any atom is 0.412 e. The highest BCUT2D eigenvalue weighted by molar-refractivity contribution is 6.35. The maximum absolute atomic E-state index is 13.4. The smallest absolute Gasteiger partial charge is 0.412 e. The van der Waals surface area contributed by atoms with Crippen LogP contribution in [0.15, 0.2) is 41.0 Å². The highest BCUT2D eigenvalue weighted by Crippen LogP contribution is 2.42. The molecule has 0 spiro atoms. The van der Waals surface area contributed by atoms with Gasteiger partial charge in [-0.2, -0.15) is 26.3 Å². The summed E-state index contributed by atoms with van der Waals surface area (Å²) in [6.45, 7) is 0. The van der Waals surface area contributed by atoms with Gasteiger partial charge < -0.3 is 10.1 Å². The highest BCUT2D eigenvalue weighted by atomic mass is 35.5. The van der Waals surface area contributed by atoms with Crippen molar-refractivity contribution in [1.29, 1.82) is 0 Å². The molecule has 1 aromatic carbocycles. The average molecular weight is 490 g/mol. The number of rotatable bonds is 5. The molecule has 31 heavy (non-hydrogen) atoms. The summed E-state index contributed by atoms with van der Waals surface area (Å²) in [6, 6.07) is 2.12. The number of alkyl halides is 6. The van der Waals surface area contributed by atoms with Crippen LogP contribution in [-0.4, -0.2) is 37.4 Å². The van der Waals surface area contributed by atoms with Gasteiger partial charge in [0.25, 0.3) is 5.91 Å². The Labute approximate surface area is 182 Å². The first-order valence-corrected chi connectivity index (χ1v) is 9.40. The van der Waals surface area contributed by atoms with E-state index in [1.807, 2.05) is 0 Å². The molecule has 1 amide bonds. The Morgan fingerprint density at radius 2 is 1.74 bits per heavy atom. The van der Waals surface area contributed by atoms with E-state index in [2.05, 4.69) is 10.1 Å². The number of hydrogen-bond acceptors (Lipinski definition) is 3. The number of ether oxygens (including phenoxy) is 1. The minimum absolute atomic E-state index is 0.0577. The van der Waals surface area contributed by atoms with Gasteiger partial charge in [0, 0.05) is 22.6 Å². The fourth-order valence-corrected chi connectivity index (χ4v) is 3.36. The first-order valence-electron chi connectivity index (χ1n) is 8.64. The molecule has 0 saturated carbocycles. The Bertz CT molecular complexity index is 938. The van der Waals surface area contributed by atoms with Gasteiger partial charge >= 0.3 is 18.3 Å². The molecular formula is C19H15Cl2F6NO3. The van der Waals surface area contributed by atoms with Crippen LogP contribution in [0, 0.1) is 0 Å². The molecule has 1 atom stereocenters. The Kier molecular flexibility index (Phi) is 7.70. The monoisotopic (exact) mass is 489 g/mol. The standard InChI is InChI=1S/C19H15Cl2F6NO3/c1-31-17(30)15(28-16(29)12-8-11(20)3-5-14(12)21)7-9-6-10(18(22,23)24)2-4-13(9)19(25,26)27/h3,5-6,8,15H,2,4,7H2,1H3,(H,28,29)/t15-/m0/s1. The molecule has 0 bridgehead atoms. The van der Waals surface area contributed by atoms with Crippen LogP contribution in [0.3, 0.4) is 0 Å². The van der Waals surface area contributed by atoms with E-state index in [1.165, 1.54) is 12.1 Å². The molecular weight excluding hydrogens is 475 g/mol. The second kappa shape index (κ2) is 9.52. The molecule has 1 N–H and O–H groups in total. The summed E-state index contributed by atoms with van der Waals surface area (Å²) in [5.74, 6) is -2.11. The fourth-order valence-electron chi connectivity index (χ4n) is 2.98. The van der Waals surface area contributed by atoms with Gasteiger partial charge in [0.2, 0.25) is 0 Å². The van der Waals surface area contributed by atoms with E-state index in [1.54, 1.807) is 0 Å². The summed E-state index contributed by atoms with van der Waals surface area (Å²) in [4.78, 5) is 24.6. The lowest BCUT2D eigenvalue weighted by Crippen LogP contribution is -2.42. The lowest BCUT2D eigenvalue weighted by atomic mass is 9.88. The van der Waals surface area contributed by atoms with Gasteiger partial charge in [-0.05, 0) is 36.6 Å². The van der Waals surface area contributed by atoms with Crippen LogP contribution < -0.4 is 5.32 Å². The van der Waals surface area contributed by atoms with Crippen molar-refractivity contribution in [3.63, 3.8) is 0 Å². The summed E-state index contributed by atoms with van der Waals surface area (Å²) in [6.07, 6.45) is -12.0. The second-order valence-corrected chi connectivity index (χ2v) is 7.39. The van der Waals surface area contributed by atoms with Crippen molar-refractivity contribution >= 4 is 35.1 Å². The van der Waals surface area contributed by atoms with Crippen LogP contribution in [0.4, 0.5) is 26.3 Å². The third-order valence-electron chi connectivity index (χ3n) is 4.47. The van der Waals surface area contributed by atoms with Gasteiger partial charge in [0.1, 0.15) is 6.04 Å². The molecule has 0 saturated heterocycles. The number of carbonyl (C=O) groups excluding carboxylic acids is 2. The van der Waals surface area contributed by atoms with Crippen molar-refractivity contribution in [2.24, 2.45) is 0 Å². The minimum Gasteiger partial charge on any atom is -0.467 e. The van der Waals surface area contributed by atoms with Gasteiger partial charge in [0.15, 0.2) is 0 Å². The number of allylic oxidation sites excluding steroid dienone is 3. The van der Waals surface area contributed by atoms with Crippen LogP contribution in [-0.2, 0) is 9.53 Å². The van der Waals surface area contributed by atoms with E-state index in [9.17, 15) is 35.9 Å². The van der Waals surface area contributed by atoms with Gasteiger partial charge in [-0.25, -0.2) is 4.79 Å². The molecule has 170 valence electrons.